The molecule has 0 unspecified atom stereocenters. The minimum atomic E-state index is -0.503. The zero-order chi connectivity index (χ0) is 13.2. The number of ether oxygens (including phenoxy) is 1. The van der Waals surface area contributed by atoms with Crippen molar-refractivity contribution >= 4 is 11.9 Å². The number of rotatable bonds is 6. The molecule has 94 valence electrons. The minimum Gasteiger partial charge on any atom is -0.464 e. The van der Waals surface area contributed by atoms with Gasteiger partial charge in [-0.05, 0) is 18.6 Å². The van der Waals surface area contributed by atoms with Gasteiger partial charge in [0, 0.05) is 12.0 Å². The van der Waals surface area contributed by atoms with Crippen molar-refractivity contribution < 1.29 is 14.3 Å². The minimum absolute atomic E-state index is 0.166. The van der Waals surface area contributed by atoms with Gasteiger partial charge in [-0.15, -0.1) is 0 Å². The van der Waals surface area contributed by atoms with Crippen molar-refractivity contribution in [2.24, 2.45) is 0 Å². The van der Waals surface area contributed by atoms with Crippen molar-refractivity contribution in [3.05, 3.63) is 35.9 Å². The van der Waals surface area contributed by atoms with E-state index < -0.39 is 5.97 Å². The van der Waals surface area contributed by atoms with Gasteiger partial charge in [-0.2, -0.15) is 5.26 Å². The van der Waals surface area contributed by atoms with E-state index in [1.807, 2.05) is 6.07 Å². The maximum Gasteiger partial charge on any atom is 0.325 e. The van der Waals surface area contributed by atoms with E-state index in [1.165, 1.54) is 0 Å². The van der Waals surface area contributed by atoms with Gasteiger partial charge < -0.3 is 10.1 Å². The van der Waals surface area contributed by atoms with Gasteiger partial charge >= 0.3 is 5.97 Å². The van der Waals surface area contributed by atoms with E-state index >= 15 is 0 Å². The molecule has 1 N–H and O–H groups in total. The molecule has 0 heterocycles. The lowest BCUT2D eigenvalue weighted by atomic mass is 10.2. The average molecular weight is 246 g/mol. The molecule has 0 aliphatic heterocycles. The van der Waals surface area contributed by atoms with Crippen LogP contribution in [-0.4, -0.2) is 25.0 Å². The molecule has 0 bridgehead atoms. The summed E-state index contributed by atoms with van der Waals surface area (Å²) in [7, 11) is 0. The second kappa shape index (κ2) is 7.85. The van der Waals surface area contributed by atoms with Gasteiger partial charge in [0.25, 0.3) is 5.91 Å². The van der Waals surface area contributed by atoms with Gasteiger partial charge in [0.1, 0.15) is 6.54 Å². The Labute approximate surface area is 105 Å². The lowest BCUT2D eigenvalue weighted by molar-refractivity contribution is -0.142. The normalized spacial score (nSPS) is 9.28. The molecule has 1 rings (SSSR count). The second-order valence-corrected chi connectivity index (χ2v) is 3.53. The highest BCUT2D eigenvalue weighted by Crippen LogP contribution is 1.97. The van der Waals surface area contributed by atoms with Gasteiger partial charge in [-0.3, -0.25) is 9.59 Å². The number of esters is 1. The second-order valence-electron chi connectivity index (χ2n) is 3.53. The van der Waals surface area contributed by atoms with Crippen LogP contribution in [0.25, 0.3) is 0 Å². The topological polar surface area (TPSA) is 79.2 Å². The lowest BCUT2D eigenvalue weighted by Gasteiger charge is -2.05. The monoisotopic (exact) mass is 246 g/mol. The zero-order valence-corrected chi connectivity index (χ0v) is 9.89. The van der Waals surface area contributed by atoms with E-state index in [-0.39, 0.29) is 19.1 Å². The lowest BCUT2D eigenvalue weighted by Crippen LogP contribution is -2.30. The van der Waals surface area contributed by atoms with E-state index in [4.69, 9.17) is 10.00 Å². The molecule has 18 heavy (non-hydrogen) atoms. The summed E-state index contributed by atoms with van der Waals surface area (Å²) in [6, 6.07) is 10.6. The summed E-state index contributed by atoms with van der Waals surface area (Å²) in [5.41, 5.74) is 0.495. The third kappa shape index (κ3) is 5.12. The van der Waals surface area contributed by atoms with Crippen LogP contribution in [0.5, 0.6) is 0 Å². The first kappa shape index (κ1) is 13.7. The maximum atomic E-state index is 11.6. The van der Waals surface area contributed by atoms with Crippen molar-refractivity contribution in [1.82, 2.24) is 5.32 Å². The van der Waals surface area contributed by atoms with Gasteiger partial charge in [0.15, 0.2) is 0 Å². The molecule has 0 radical (unpaired) electrons. The van der Waals surface area contributed by atoms with Crippen molar-refractivity contribution in [3.63, 3.8) is 0 Å². The fourth-order valence-electron chi connectivity index (χ4n) is 1.23. The van der Waals surface area contributed by atoms with Crippen molar-refractivity contribution in [2.45, 2.75) is 12.8 Å². The Balaban J connectivity index is 2.23. The molecule has 5 heteroatoms. The summed E-state index contributed by atoms with van der Waals surface area (Å²) >= 11 is 0. The highest BCUT2D eigenvalue weighted by molar-refractivity contribution is 5.95. The van der Waals surface area contributed by atoms with Crippen LogP contribution >= 0.6 is 0 Å². The maximum absolute atomic E-state index is 11.6. The number of carbonyl (C=O) groups excluding carboxylic acids is 2. The molecule has 0 atom stereocenters. The number of hydrogen-bond acceptors (Lipinski definition) is 4. The first-order chi connectivity index (χ1) is 8.74. The summed E-state index contributed by atoms with van der Waals surface area (Å²) in [5.74, 6) is -0.818. The molecule has 0 aliphatic rings. The summed E-state index contributed by atoms with van der Waals surface area (Å²) in [5, 5.41) is 10.7. The van der Waals surface area contributed by atoms with Crippen LogP contribution in [0.4, 0.5) is 0 Å². The molecule has 1 aromatic carbocycles. The molecule has 0 fully saturated rings. The van der Waals surface area contributed by atoms with E-state index in [9.17, 15) is 9.59 Å². The van der Waals surface area contributed by atoms with Crippen LogP contribution in [0.15, 0.2) is 30.3 Å². The summed E-state index contributed by atoms with van der Waals surface area (Å²) < 4.78 is 4.83. The Morgan fingerprint density at radius 2 is 2.00 bits per heavy atom. The number of unbranched alkanes of at least 4 members (excludes halogenated alkanes) is 1. The van der Waals surface area contributed by atoms with Crippen LogP contribution in [-0.2, 0) is 9.53 Å². The zero-order valence-electron chi connectivity index (χ0n) is 9.89. The predicted octanol–water partition coefficient (Wildman–Crippen LogP) is 1.26. The molecular formula is C13H14N2O3. The fraction of sp³-hybridized carbons (Fsp3) is 0.308. The standard InChI is InChI=1S/C13H14N2O3/c14-8-4-5-9-18-12(16)10-15-13(17)11-6-2-1-3-7-11/h1-3,6-7H,4-5,9-10H2,(H,15,17). The number of carbonyl (C=O) groups is 2. The molecule has 0 aromatic heterocycles. The fourth-order valence-corrected chi connectivity index (χ4v) is 1.23. The van der Waals surface area contributed by atoms with Gasteiger partial charge in [-0.25, -0.2) is 0 Å². The quantitative estimate of drug-likeness (QED) is 0.605. The van der Waals surface area contributed by atoms with Crippen molar-refractivity contribution in [1.29, 1.82) is 5.26 Å². The molecule has 1 aromatic rings. The van der Waals surface area contributed by atoms with Gasteiger partial charge in [0.05, 0.1) is 12.7 Å². The first-order valence-corrected chi connectivity index (χ1v) is 5.60. The van der Waals surface area contributed by atoms with Crippen LogP contribution < -0.4 is 5.32 Å². The number of nitriles is 1. The highest BCUT2D eigenvalue weighted by atomic mass is 16.5. The summed E-state index contributed by atoms with van der Waals surface area (Å²) in [6.45, 7) is 0.0356. The molecular weight excluding hydrogens is 232 g/mol. The first-order valence-electron chi connectivity index (χ1n) is 5.60. The Morgan fingerprint density at radius 1 is 1.28 bits per heavy atom. The average Bonchev–Trinajstić information content (AvgIpc) is 2.42. The SMILES string of the molecule is N#CCCCOC(=O)CNC(=O)c1ccccc1. The Kier molecular flexibility index (Phi) is 5.98. The Hall–Kier alpha value is -2.35. The molecule has 5 nitrogen and oxygen atoms in total. The smallest absolute Gasteiger partial charge is 0.325 e. The van der Waals surface area contributed by atoms with Gasteiger partial charge in [-0.1, -0.05) is 18.2 Å². The molecule has 0 saturated carbocycles. The largest absolute Gasteiger partial charge is 0.464 e. The van der Waals surface area contributed by atoms with Crippen LogP contribution in [0.3, 0.4) is 0 Å². The van der Waals surface area contributed by atoms with Crippen molar-refractivity contribution in [2.75, 3.05) is 13.2 Å². The molecule has 1 amide bonds. The predicted molar refractivity (Wildman–Crippen MR) is 64.6 cm³/mol. The third-order valence-electron chi connectivity index (χ3n) is 2.13. The number of nitrogens with zero attached hydrogens (tertiary/aromatic N) is 1. The van der Waals surface area contributed by atoms with E-state index in [0.717, 1.165) is 0 Å². The number of benzene rings is 1. The van der Waals surface area contributed by atoms with Crippen LogP contribution in [0, 0.1) is 11.3 Å². The van der Waals surface area contributed by atoms with E-state index in [2.05, 4.69) is 5.32 Å². The number of amides is 1. The van der Waals surface area contributed by atoms with Crippen molar-refractivity contribution in [3.8, 4) is 6.07 Å². The van der Waals surface area contributed by atoms with Crippen LogP contribution in [0.1, 0.15) is 23.2 Å². The molecule has 0 aliphatic carbocycles. The highest BCUT2D eigenvalue weighted by Gasteiger charge is 2.07. The Bertz CT molecular complexity index is 437. The summed E-state index contributed by atoms with van der Waals surface area (Å²) in [6.07, 6.45) is 0.860. The number of hydrogen-bond donors (Lipinski definition) is 1. The molecule has 0 saturated heterocycles. The van der Waals surface area contributed by atoms with E-state index in [1.54, 1.807) is 30.3 Å². The number of nitrogens with one attached hydrogen (secondary N) is 1. The van der Waals surface area contributed by atoms with E-state index in [0.29, 0.717) is 18.4 Å². The molecule has 0 spiro atoms. The summed E-state index contributed by atoms with van der Waals surface area (Å²) in [4.78, 5) is 22.8. The van der Waals surface area contributed by atoms with Gasteiger partial charge in [0.2, 0.25) is 0 Å². The Morgan fingerprint density at radius 3 is 2.67 bits per heavy atom. The third-order valence-corrected chi connectivity index (χ3v) is 2.13. The van der Waals surface area contributed by atoms with Crippen LogP contribution in [0.2, 0.25) is 0 Å².